The molecule has 106 valence electrons. The van der Waals surface area contributed by atoms with Crippen molar-refractivity contribution >= 4 is 23.4 Å². The first-order chi connectivity index (χ1) is 9.63. The van der Waals surface area contributed by atoms with E-state index in [4.69, 9.17) is 22.1 Å². The zero-order chi connectivity index (χ0) is 14.5. The monoisotopic (exact) mass is 294 g/mol. The molecule has 1 aromatic carbocycles. The lowest BCUT2D eigenvalue weighted by molar-refractivity contribution is 0.276. The van der Waals surface area contributed by atoms with Gasteiger partial charge in [-0.3, -0.25) is 0 Å². The maximum atomic E-state index is 9.54. The van der Waals surface area contributed by atoms with Crippen LogP contribution in [0.3, 0.4) is 0 Å². The zero-order valence-corrected chi connectivity index (χ0v) is 11.6. The number of ether oxygens (including phenoxy) is 1. The van der Waals surface area contributed by atoms with Crippen LogP contribution in [0.15, 0.2) is 30.5 Å². The van der Waals surface area contributed by atoms with Crippen molar-refractivity contribution in [2.75, 3.05) is 24.8 Å². The van der Waals surface area contributed by atoms with Gasteiger partial charge in [0.25, 0.3) is 0 Å². The van der Waals surface area contributed by atoms with Crippen molar-refractivity contribution in [1.29, 1.82) is 0 Å². The topological polar surface area (TPSA) is 93.3 Å². The van der Waals surface area contributed by atoms with E-state index in [0.717, 1.165) is 5.56 Å². The van der Waals surface area contributed by atoms with Crippen molar-refractivity contribution in [3.05, 3.63) is 41.0 Å². The number of nitrogen functional groups attached to an aromatic ring is 1. The highest BCUT2D eigenvalue weighted by molar-refractivity contribution is 6.32. The first kappa shape index (κ1) is 14.4. The third kappa shape index (κ3) is 3.28. The minimum absolute atomic E-state index is 0.110. The number of nitrogens with zero attached hydrogens (tertiary/aromatic N) is 2. The number of aromatic nitrogens is 2. The second kappa shape index (κ2) is 6.40. The Balaban J connectivity index is 2.26. The molecular formula is C13H15ClN4O2. The summed E-state index contributed by atoms with van der Waals surface area (Å²) < 4.78 is 5.16. The number of hydrogen-bond acceptors (Lipinski definition) is 6. The van der Waals surface area contributed by atoms with Gasteiger partial charge in [-0.15, -0.1) is 0 Å². The summed E-state index contributed by atoms with van der Waals surface area (Å²) in [6, 6.07) is 6.99. The van der Waals surface area contributed by atoms with Gasteiger partial charge in [-0.2, -0.15) is 4.98 Å². The lowest BCUT2D eigenvalue weighted by Gasteiger charge is -2.18. The van der Waals surface area contributed by atoms with E-state index in [-0.39, 0.29) is 18.6 Å². The molecule has 20 heavy (non-hydrogen) atoms. The second-order valence-electron chi connectivity index (χ2n) is 4.08. The molecule has 0 aliphatic carbocycles. The smallest absolute Gasteiger partial charge is 0.222 e. The Kier molecular flexibility index (Phi) is 4.60. The SMILES string of the molecule is COc1cccc(C(CO)Nc2nc(N)ncc2Cl)c1. The molecule has 1 heterocycles. The summed E-state index contributed by atoms with van der Waals surface area (Å²) >= 11 is 5.99. The van der Waals surface area contributed by atoms with E-state index in [1.165, 1.54) is 6.20 Å². The van der Waals surface area contributed by atoms with Gasteiger partial charge in [-0.05, 0) is 17.7 Å². The number of rotatable bonds is 5. The number of benzene rings is 1. The molecule has 1 atom stereocenters. The molecule has 0 spiro atoms. The van der Waals surface area contributed by atoms with Gasteiger partial charge in [0, 0.05) is 0 Å². The third-order valence-corrected chi connectivity index (χ3v) is 3.03. The van der Waals surface area contributed by atoms with Crippen LogP contribution in [0.2, 0.25) is 5.02 Å². The standard InChI is InChI=1S/C13H15ClN4O2/c1-20-9-4-2-3-8(5-9)11(7-19)17-12-10(14)6-16-13(15)18-12/h2-6,11,19H,7H2,1H3,(H3,15,16,17,18). The van der Waals surface area contributed by atoms with E-state index < -0.39 is 0 Å². The van der Waals surface area contributed by atoms with Gasteiger partial charge in [-0.25, -0.2) is 4.98 Å². The molecule has 0 saturated heterocycles. The lowest BCUT2D eigenvalue weighted by atomic mass is 10.1. The van der Waals surface area contributed by atoms with E-state index in [9.17, 15) is 5.11 Å². The maximum Gasteiger partial charge on any atom is 0.222 e. The highest BCUT2D eigenvalue weighted by Crippen LogP contribution is 2.26. The van der Waals surface area contributed by atoms with E-state index in [1.807, 2.05) is 24.3 Å². The van der Waals surface area contributed by atoms with Gasteiger partial charge in [0.1, 0.15) is 10.8 Å². The van der Waals surface area contributed by atoms with Crippen LogP contribution in [-0.4, -0.2) is 28.8 Å². The Hall–Kier alpha value is -2.05. The van der Waals surface area contributed by atoms with Crippen LogP contribution >= 0.6 is 11.6 Å². The molecule has 0 amide bonds. The maximum absolute atomic E-state index is 9.54. The predicted octanol–water partition coefficient (Wildman–Crippen LogP) is 1.87. The summed E-state index contributed by atoms with van der Waals surface area (Å²) in [5.74, 6) is 1.19. The van der Waals surface area contributed by atoms with Crippen LogP contribution in [0.25, 0.3) is 0 Å². The molecule has 0 aliphatic rings. The van der Waals surface area contributed by atoms with Gasteiger partial charge < -0.3 is 20.9 Å². The summed E-state index contributed by atoms with van der Waals surface area (Å²) in [4.78, 5) is 7.79. The van der Waals surface area contributed by atoms with Gasteiger partial charge in [0.2, 0.25) is 5.95 Å². The molecule has 1 unspecified atom stereocenters. The fraction of sp³-hybridized carbons (Fsp3) is 0.231. The quantitative estimate of drug-likeness (QED) is 0.779. The largest absolute Gasteiger partial charge is 0.497 e. The highest BCUT2D eigenvalue weighted by Gasteiger charge is 2.14. The Morgan fingerprint density at radius 3 is 3.00 bits per heavy atom. The number of aliphatic hydroxyl groups is 1. The van der Waals surface area contributed by atoms with E-state index in [2.05, 4.69) is 15.3 Å². The van der Waals surface area contributed by atoms with Crippen molar-refractivity contribution in [2.45, 2.75) is 6.04 Å². The summed E-state index contributed by atoms with van der Waals surface area (Å²) in [5, 5.41) is 12.9. The van der Waals surface area contributed by atoms with Crippen molar-refractivity contribution < 1.29 is 9.84 Å². The molecule has 6 nitrogen and oxygen atoms in total. The summed E-state index contributed by atoms with van der Waals surface area (Å²) in [5.41, 5.74) is 6.37. The van der Waals surface area contributed by atoms with Crippen molar-refractivity contribution in [1.82, 2.24) is 9.97 Å². The van der Waals surface area contributed by atoms with Gasteiger partial charge >= 0.3 is 0 Å². The number of aliphatic hydroxyl groups excluding tert-OH is 1. The molecule has 0 aliphatic heterocycles. The molecule has 4 N–H and O–H groups in total. The van der Waals surface area contributed by atoms with Gasteiger partial charge in [-0.1, -0.05) is 23.7 Å². The summed E-state index contributed by atoms with van der Waals surface area (Å²) in [7, 11) is 1.59. The normalized spacial score (nSPS) is 11.9. The average Bonchev–Trinajstić information content (AvgIpc) is 2.48. The summed E-state index contributed by atoms with van der Waals surface area (Å²) in [6.45, 7) is -0.132. The fourth-order valence-corrected chi connectivity index (χ4v) is 1.89. The molecule has 1 aromatic heterocycles. The zero-order valence-electron chi connectivity index (χ0n) is 10.9. The Morgan fingerprint density at radius 2 is 2.30 bits per heavy atom. The molecule has 0 bridgehead atoms. The van der Waals surface area contributed by atoms with Crippen LogP contribution in [0.4, 0.5) is 11.8 Å². The fourth-order valence-electron chi connectivity index (χ4n) is 1.74. The van der Waals surface area contributed by atoms with Crippen LogP contribution in [0.1, 0.15) is 11.6 Å². The number of methoxy groups -OCH3 is 1. The van der Waals surface area contributed by atoms with E-state index >= 15 is 0 Å². The average molecular weight is 295 g/mol. The Morgan fingerprint density at radius 1 is 1.50 bits per heavy atom. The Labute approximate surface area is 121 Å². The second-order valence-corrected chi connectivity index (χ2v) is 4.49. The van der Waals surface area contributed by atoms with Crippen LogP contribution in [0, 0.1) is 0 Å². The molecule has 2 rings (SSSR count). The number of nitrogens with two attached hydrogens (primary N) is 1. The first-order valence-electron chi connectivity index (χ1n) is 5.93. The van der Waals surface area contributed by atoms with Crippen molar-refractivity contribution in [2.24, 2.45) is 0 Å². The molecule has 0 fully saturated rings. The van der Waals surface area contributed by atoms with Crippen LogP contribution < -0.4 is 15.8 Å². The molecule has 0 saturated carbocycles. The van der Waals surface area contributed by atoms with Crippen LogP contribution in [0.5, 0.6) is 5.75 Å². The van der Waals surface area contributed by atoms with E-state index in [0.29, 0.717) is 16.6 Å². The third-order valence-electron chi connectivity index (χ3n) is 2.75. The molecule has 0 radical (unpaired) electrons. The minimum Gasteiger partial charge on any atom is -0.497 e. The summed E-state index contributed by atoms with van der Waals surface area (Å²) in [6.07, 6.45) is 1.41. The minimum atomic E-state index is -0.378. The van der Waals surface area contributed by atoms with Gasteiger partial charge in [0.15, 0.2) is 5.82 Å². The van der Waals surface area contributed by atoms with Crippen molar-refractivity contribution in [3.8, 4) is 5.75 Å². The predicted molar refractivity (Wildman–Crippen MR) is 77.9 cm³/mol. The van der Waals surface area contributed by atoms with Crippen LogP contribution in [-0.2, 0) is 0 Å². The molecular weight excluding hydrogens is 280 g/mol. The van der Waals surface area contributed by atoms with E-state index in [1.54, 1.807) is 7.11 Å². The lowest BCUT2D eigenvalue weighted by Crippen LogP contribution is -2.16. The Bertz CT molecular complexity index is 594. The number of halogens is 1. The van der Waals surface area contributed by atoms with Gasteiger partial charge in [0.05, 0.1) is 26.0 Å². The number of anilines is 2. The van der Waals surface area contributed by atoms with Crippen molar-refractivity contribution in [3.63, 3.8) is 0 Å². The first-order valence-corrected chi connectivity index (χ1v) is 6.31. The molecule has 2 aromatic rings. The molecule has 7 heteroatoms. The number of nitrogens with one attached hydrogen (secondary N) is 1. The highest BCUT2D eigenvalue weighted by atomic mass is 35.5. The number of hydrogen-bond donors (Lipinski definition) is 3.